The highest BCUT2D eigenvalue weighted by Gasteiger charge is 2.09. The third kappa shape index (κ3) is 5.11. The topological polar surface area (TPSA) is 67.2 Å². The molecule has 0 radical (unpaired) electrons. The molecule has 4 heteroatoms. The summed E-state index contributed by atoms with van der Waals surface area (Å²) in [6, 6.07) is 5.75. The molecule has 1 aromatic rings. The summed E-state index contributed by atoms with van der Waals surface area (Å²) in [4.78, 5) is 11.5. The van der Waals surface area contributed by atoms with Gasteiger partial charge in [0.05, 0.1) is 11.4 Å². The zero-order chi connectivity index (χ0) is 15.1. The Kier molecular flexibility index (Phi) is 6.36. The van der Waals surface area contributed by atoms with Gasteiger partial charge in [0.1, 0.15) is 0 Å². The molecule has 20 heavy (non-hydrogen) atoms. The average Bonchev–Trinajstić information content (AvgIpc) is 2.39. The molecular weight excluding hydrogens is 250 g/mol. The van der Waals surface area contributed by atoms with E-state index in [0.717, 1.165) is 18.0 Å². The van der Waals surface area contributed by atoms with Gasteiger partial charge in [-0.15, -0.1) is 0 Å². The summed E-state index contributed by atoms with van der Waals surface area (Å²) in [7, 11) is 1.61. The Bertz CT molecular complexity index is 443. The number of nitrogens with two attached hydrogens (primary N) is 1. The van der Waals surface area contributed by atoms with Gasteiger partial charge in [-0.2, -0.15) is 0 Å². The van der Waals surface area contributed by atoms with Crippen LogP contribution in [0.5, 0.6) is 0 Å². The van der Waals surface area contributed by atoms with Crippen molar-refractivity contribution in [1.82, 2.24) is 5.32 Å². The van der Waals surface area contributed by atoms with Crippen LogP contribution >= 0.6 is 0 Å². The molecule has 1 unspecified atom stereocenters. The quantitative estimate of drug-likeness (QED) is 0.670. The second-order valence-electron chi connectivity index (χ2n) is 5.75. The van der Waals surface area contributed by atoms with Gasteiger partial charge in [0, 0.05) is 18.7 Å². The number of carbonyl (C=O) groups is 1. The van der Waals surface area contributed by atoms with Crippen LogP contribution < -0.4 is 16.4 Å². The molecule has 4 nitrogen and oxygen atoms in total. The van der Waals surface area contributed by atoms with Crippen LogP contribution in [0.3, 0.4) is 0 Å². The molecule has 0 fully saturated rings. The Morgan fingerprint density at radius 2 is 1.95 bits per heavy atom. The first kappa shape index (κ1) is 16.3. The van der Waals surface area contributed by atoms with Crippen molar-refractivity contribution in [3.05, 3.63) is 23.8 Å². The summed E-state index contributed by atoms with van der Waals surface area (Å²) >= 11 is 0. The number of anilines is 2. The number of hydrogen-bond acceptors (Lipinski definition) is 3. The van der Waals surface area contributed by atoms with Crippen molar-refractivity contribution in [2.75, 3.05) is 18.1 Å². The minimum Gasteiger partial charge on any atom is -0.397 e. The lowest BCUT2D eigenvalue weighted by atomic mass is 10.0. The van der Waals surface area contributed by atoms with Crippen LogP contribution in [0.25, 0.3) is 0 Å². The van der Waals surface area contributed by atoms with E-state index >= 15 is 0 Å². The first-order chi connectivity index (χ1) is 9.43. The standard InChI is InChI=1S/C16H27N3O/c1-11(2)6-5-7-12(3)19-15-9-8-13(10-14(15)17)16(20)18-4/h8-12,19H,5-7,17H2,1-4H3,(H,18,20). The Labute approximate surface area is 122 Å². The van der Waals surface area contributed by atoms with E-state index in [1.54, 1.807) is 19.2 Å². The largest absolute Gasteiger partial charge is 0.397 e. The van der Waals surface area contributed by atoms with Crippen molar-refractivity contribution in [2.24, 2.45) is 5.92 Å². The predicted molar refractivity (Wildman–Crippen MR) is 86.0 cm³/mol. The summed E-state index contributed by atoms with van der Waals surface area (Å²) < 4.78 is 0. The van der Waals surface area contributed by atoms with Gasteiger partial charge in [0.25, 0.3) is 5.91 Å². The third-order valence-electron chi connectivity index (χ3n) is 3.36. The fourth-order valence-corrected chi connectivity index (χ4v) is 2.15. The van der Waals surface area contributed by atoms with Gasteiger partial charge in [-0.25, -0.2) is 0 Å². The molecule has 0 aromatic heterocycles. The highest BCUT2D eigenvalue weighted by molar-refractivity contribution is 5.95. The van der Waals surface area contributed by atoms with Crippen LogP contribution in [-0.4, -0.2) is 19.0 Å². The summed E-state index contributed by atoms with van der Waals surface area (Å²) in [6.45, 7) is 6.65. The van der Waals surface area contributed by atoms with Crippen LogP contribution in [0, 0.1) is 5.92 Å². The molecule has 0 saturated heterocycles. The first-order valence-corrected chi connectivity index (χ1v) is 7.32. The fourth-order valence-electron chi connectivity index (χ4n) is 2.15. The summed E-state index contributed by atoms with van der Waals surface area (Å²) in [6.07, 6.45) is 3.58. The van der Waals surface area contributed by atoms with Crippen LogP contribution in [0.15, 0.2) is 18.2 Å². The smallest absolute Gasteiger partial charge is 0.251 e. The Balaban J connectivity index is 2.57. The molecule has 1 rings (SSSR count). The van der Waals surface area contributed by atoms with Crippen molar-refractivity contribution < 1.29 is 4.79 Å². The molecule has 4 N–H and O–H groups in total. The summed E-state index contributed by atoms with van der Waals surface area (Å²) in [5.41, 5.74) is 8.09. The number of benzene rings is 1. The number of hydrogen-bond donors (Lipinski definition) is 3. The fraction of sp³-hybridized carbons (Fsp3) is 0.562. The van der Waals surface area contributed by atoms with Crippen molar-refractivity contribution in [2.45, 2.75) is 46.1 Å². The van der Waals surface area contributed by atoms with Crippen LogP contribution in [0.4, 0.5) is 11.4 Å². The molecule has 0 spiro atoms. The van der Waals surface area contributed by atoms with Crippen molar-refractivity contribution in [1.29, 1.82) is 0 Å². The molecule has 0 bridgehead atoms. The van der Waals surface area contributed by atoms with Crippen molar-refractivity contribution >= 4 is 17.3 Å². The molecule has 0 heterocycles. The lowest BCUT2D eigenvalue weighted by Crippen LogP contribution is -2.19. The molecule has 0 aliphatic rings. The van der Waals surface area contributed by atoms with E-state index in [4.69, 9.17) is 5.73 Å². The number of rotatable bonds is 7. The van der Waals surface area contributed by atoms with E-state index in [9.17, 15) is 4.79 Å². The molecule has 112 valence electrons. The maximum atomic E-state index is 11.5. The summed E-state index contributed by atoms with van der Waals surface area (Å²) in [5.74, 6) is 0.632. The minimum atomic E-state index is -0.117. The SMILES string of the molecule is CNC(=O)c1ccc(NC(C)CCCC(C)C)c(N)c1. The van der Waals surface area contributed by atoms with Gasteiger partial charge < -0.3 is 16.4 Å². The van der Waals surface area contributed by atoms with Gasteiger partial charge in [-0.1, -0.05) is 26.7 Å². The Morgan fingerprint density at radius 3 is 2.50 bits per heavy atom. The second-order valence-corrected chi connectivity index (χ2v) is 5.75. The van der Waals surface area contributed by atoms with Crippen LogP contribution in [0.1, 0.15) is 50.4 Å². The van der Waals surface area contributed by atoms with Gasteiger partial charge in [-0.05, 0) is 37.5 Å². The molecule has 0 saturated carbocycles. The number of nitrogens with one attached hydrogen (secondary N) is 2. The zero-order valence-electron chi connectivity index (χ0n) is 13.0. The highest BCUT2D eigenvalue weighted by atomic mass is 16.1. The molecule has 1 atom stereocenters. The van der Waals surface area contributed by atoms with E-state index in [-0.39, 0.29) is 5.91 Å². The van der Waals surface area contributed by atoms with E-state index < -0.39 is 0 Å². The van der Waals surface area contributed by atoms with Gasteiger partial charge in [0.15, 0.2) is 0 Å². The van der Waals surface area contributed by atoms with Crippen molar-refractivity contribution in [3.63, 3.8) is 0 Å². The molecule has 0 aliphatic carbocycles. The maximum absolute atomic E-state index is 11.5. The van der Waals surface area contributed by atoms with Crippen LogP contribution in [-0.2, 0) is 0 Å². The Morgan fingerprint density at radius 1 is 1.25 bits per heavy atom. The maximum Gasteiger partial charge on any atom is 0.251 e. The van der Waals surface area contributed by atoms with E-state index in [1.807, 2.05) is 6.07 Å². The van der Waals surface area contributed by atoms with Gasteiger partial charge in [-0.3, -0.25) is 4.79 Å². The summed E-state index contributed by atoms with van der Waals surface area (Å²) in [5, 5.41) is 6.00. The zero-order valence-corrected chi connectivity index (χ0v) is 13.0. The second kappa shape index (κ2) is 7.78. The molecule has 1 amide bonds. The Hall–Kier alpha value is -1.71. The molecule has 0 aliphatic heterocycles. The lowest BCUT2D eigenvalue weighted by Gasteiger charge is -2.17. The minimum absolute atomic E-state index is 0.117. The number of carbonyl (C=O) groups excluding carboxylic acids is 1. The van der Waals surface area contributed by atoms with Crippen LogP contribution in [0.2, 0.25) is 0 Å². The van der Waals surface area contributed by atoms with E-state index in [0.29, 0.717) is 17.3 Å². The normalized spacial score (nSPS) is 12.2. The predicted octanol–water partition coefficient (Wildman–Crippen LogP) is 3.26. The monoisotopic (exact) mass is 277 g/mol. The van der Waals surface area contributed by atoms with Gasteiger partial charge in [0.2, 0.25) is 0 Å². The third-order valence-corrected chi connectivity index (χ3v) is 3.36. The number of amides is 1. The first-order valence-electron chi connectivity index (χ1n) is 7.32. The van der Waals surface area contributed by atoms with E-state index in [2.05, 4.69) is 31.4 Å². The average molecular weight is 277 g/mol. The van der Waals surface area contributed by atoms with E-state index in [1.165, 1.54) is 12.8 Å². The molecular formula is C16H27N3O. The number of nitrogen functional groups attached to an aromatic ring is 1. The van der Waals surface area contributed by atoms with Gasteiger partial charge >= 0.3 is 0 Å². The highest BCUT2D eigenvalue weighted by Crippen LogP contribution is 2.22. The molecule has 1 aromatic carbocycles. The van der Waals surface area contributed by atoms with Crippen molar-refractivity contribution in [3.8, 4) is 0 Å². The lowest BCUT2D eigenvalue weighted by molar-refractivity contribution is 0.0963.